The van der Waals surface area contributed by atoms with Crippen LogP contribution in [0.2, 0.25) is 0 Å². The molecule has 0 atom stereocenters. The number of rotatable bonds is 8. The lowest BCUT2D eigenvalue weighted by molar-refractivity contribution is -0.150. The molecule has 5 nitrogen and oxygen atoms in total. The van der Waals surface area contributed by atoms with Gasteiger partial charge in [-0.25, -0.2) is 4.79 Å². The third kappa shape index (κ3) is 6.30. The van der Waals surface area contributed by atoms with Gasteiger partial charge in [-0.15, -0.1) is 0 Å². The number of hydrogen-bond acceptors (Lipinski definition) is 4. The average molecular weight is 341 g/mol. The van der Waals surface area contributed by atoms with Gasteiger partial charge in [-0.05, 0) is 23.1 Å². The maximum Gasteiger partial charge on any atom is 0.344 e. The standard InChI is InChI=1S/C20H23NO4/c1-15(2)17-10-6-7-11-18(17)24-14-20(23)25-13-19(22)21-12-16-8-4-3-5-9-16/h3-11,15H,12-14H2,1-2H3,(H,21,22). The first-order chi connectivity index (χ1) is 12.1. The van der Waals surface area contributed by atoms with Crippen LogP contribution < -0.4 is 10.1 Å². The smallest absolute Gasteiger partial charge is 0.344 e. The van der Waals surface area contributed by atoms with Crippen molar-refractivity contribution in [3.8, 4) is 5.75 Å². The quantitative estimate of drug-likeness (QED) is 0.750. The number of carbonyl (C=O) groups is 2. The van der Waals surface area contributed by atoms with Gasteiger partial charge in [-0.1, -0.05) is 62.4 Å². The zero-order valence-electron chi connectivity index (χ0n) is 14.5. The predicted octanol–water partition coefficient (Wildman–Crippen LogP) is 3.05. The van der Waals surface area contributed by atoms with Gasteiger partial charge >= 0.3 is 5.97 Å². The summed E-state index contributed by atoms with van der Waals surface area (Å²) >= 11 is 0. The molecule has 5 heteroatoms. The summed E-state index contributed by atoms with van der Waals surface area (Å²) in [6.07, 6.45) is 0. The lowest BCUT2D eigenvalue weighted by Crippen LogP contribution is -2.29. The van der Waals surface area contributed by atoms with Gasteiger partial charge in [-0.2, -0.15) is 0 Å². The highest BCUT2D eigenvalue weighted by atomic mass is 16.6. The lowest BCUT2D eigenvalue weighted by Gasteiger charge is -2.13. The Bertz CT molecular complexity index is 698. The number of para-hydroxylation sites is 1. The summed E-state index contributed by atoms with van der Waals surface area (Å²) in [4.78, 5) is 23.5. The van der Waals surface area contributed by atoms with Crippen molar-refractivity contribution in [1.82, 2.24) is 5.32 Å². The Balaban J connectivity index is 1.71. The van der Waals surface area contributed by atoms with Crippen molar-refractivity contribution in [3.63, 3.8) is 0 Å². The van der Waals surface area contributed by atoms with Crippen LogP contribution in [-0.4, -0.2) is 25.1 Å². The Morgan fingerprint density at radius 1 is 0.960 bits per heavy atom. The maximum absolute atomic E-state index is 11.7. The van der Waals surface area contributed by atoms with E-state index in [-0.39, 0.29) is 25.0 Å². The molecule has 1 N–H and O–H groups in total. The van der Waals surface area contributed by atoms with Crippen LogP contribution in [0.15, 0.2) is 54.6 Å². The second-order valence-corrected chi connectivity index (χ2v) is 5.90. The van der Waals surface area contributed by atoms with Crippen molar-refractivity contribution >= 4 is 11.9 Å². The molecule has 132 valence electrons. The fraction of sp³-hybridized carbons (Fsp3) is 0.300. The van der Waals surface area contributed by atoms with Crippen molar-refractivity contribution in [2.24, 2.45) is 0 Å². The minimum Gasteiger partial charge on any atom is -0.482 e. The van der Waals surface area contributed by atoms with Crippen LogP contribution in [0.3, 0.4) is 0 Å². The van der Waals surface area contributed by atoms with Gasteiger partial charge in [0.25, 0.3) is 5.91 Å². The monoisotopic (exact) mass is 341 g/mol. The molecule has 2 aromatic carbocycles. The van der Waals surface area contributed by atoms with Crippen LogP contribution in [0, 0.1) is 0 Å². The van der Waals surface area contributed by atoms with Crippen LogP contribution in [0.5, 0.6) is 5.75 Å². The Hall–Kier alpha value is -2.82. The molecular weight excluding hydrogens is 318 g/mol. The highest BCUT2D eigenvalue weighted by Crippen LogP contribution is 2.25. The van der Waals surface area contributed by atoms with Crippen LogP contribution in [0.25, 0.3) is 0 Å². The fourth-order valence-corrected chi connectivity index (χ4v) is 2.26. The first kappa shape index (κ1) is 18.5. The number of hydrogen-bond donors (Lipinski definition) is 1. The van der Waals surface area contributed by atoms with E-state index in [1.807, 2.05) is 54.6 Å². The molecule has 0 heterocycles. The molecule has 0 fully saturated rings. The molecule has 0 saturated heterocycles. The van der Waals surface area contributed by atoms with Gasteiger partial charge in [0.1, 0.15) is 5.75 Å². The first-order valence-corrected chi connectivity index (χ1v) is 8.24. The fourth-order valence-electron chi connectivity index (χ4n) is 2.26. The zero-order chi connectivity index (χ0) is 18.1. The summed E-state index contributed by atoms with van der Waals surface area (Å²) in [6, 6.07) is 17.1. The topological polar surface area (TPSA) is 64.6 Å². The normalized spacial score (nSPS) is 10.4. The molecule has 0 saturated carbocycles. The molecule has 1 amide bonds. The average Bonchev–Trinajstić information content (AvgIpc) is 2.64. The Labute approximate surface area is 148 Å². The van der Waals surface area contributed by atoms with E-state index >= 15 is 0 Å². The van der Waals surface area contributed by atoms with E-state index in [0.717, 1.165) is 11.1 Å². The number of amides is 1. The molecule has 0 spiro atoms. The van der Waals surface area contributed by atoms with Crippen LogP contribution in [-0.2, 0) is 20.9 Å². The molecule has 0 aromatic heterocycles. The van der Waals surface area contributed by atoms with E-state index in [1.165, 1.54) is 0 Å². The van der Waals surface area contributed by atoms with E-state index in [2.05, 4.69) is 19.2 Å². The van der Waals surface area contributed by atoms with Gasteiger partial charge in [0, 0.05) is 6.54 Å². The number of ether oxygens (including phenoxy) is 2. The van der Waals surface area contributed by atoms with Crippen LogP contribution >= 0.6 is 0 Å². The van der Waals surface area contributed by atoms with E-state index in [0.29, 0.717) is 12.3 Å². The third-order valence-corrected chi connectivity index (χ3v) is 3.58. The summed E-state index contributed by atoms with van der Waals surface area (Å²) < 4.78 is 10.5. The summed E-state index contributed by atoms with van der Waals surface area (Å²) in [5, 5.41) is 2.70. The van der Waals surface area contributed by atoms with Gasteiger partial charge in [-0.3, -0.25) is 4.79 Å². The Morgan fingerprint density at radius 2 is 1.64 bits per heavy atom. The third-order valence-electron chi connectivity index (χ3n) is 3.58. The van der Waals surface area contributed by atoms with Gasteiger partial charge in [0.05, 0.1) is 0 Å². The van der Waals surface area contributed by atoms with Crippen molar-refractivity contribution < 1.29 is 19.1 Å². The van der Waals surface area contributed by atoms with Gasteiger partial charge < -0.3 is 14.8 Å². The Kier molecular flexibility index (Phi) is 7.01. The van der Waals surface area contributed by atoms with Gasteiger partial charge in [0.15, 0.2) is 13.2 Å². The minimum absolute atomic E-state index is 0.226. The minimum atomic E-state index is -0.576. The van der Waals surface area contributed by atoms with Crippen molar-refractivity contribution in [1.29, 1.82) is 0 Å². The second kappa shape index (κ2) is 9.47. The second-order valence-electron chi connectivity index (χ2n) is 5.90. The summed E-state index contributed by atoms with van der Waals surface area (Å²) in [6.45, 7) is 3.96. The van der Waals surface area contributed by atoms with Crippen LogP contribution in [0.4, 0.5) is 0 Å². The number of carbonyl (C=O) groups excluding carboxylic acids is 2. The molecule has 0 unspecified atom stereocenters. The van der Waals surface area contributed by atoms with E-state index in [1.54, 1.807) is 0 Å². The SMILES string of the molecule is CC(C)c1ccccc1OCC(=O)OCC(=O)NCc1ccccc1. The van der Waals surface area contributed by atoms with Crippen molar-refractivity contribution in [3.05, 3.63) is 65.7 Å². The molecule has 25 heavy (non-hydrogen) atoms. The molecule has 0 aliphatic heterocycles. The molecule has 0 bridgehead atoms. The largest absolute Gasteiger partial charge is 0.482 e. The highest BCUT2D eigenvalue weighted by molar-refractivity contribution is 5.80. The van der Waals surface area contributed by atoms with Crippen molar-refractivity contribution in [2.75, 3.05) is 13.2 Å². The first-order valence-electron chi connectivity index (χ1n) is 8.24. The van der Waals surface area contributed by atoms with E-state index < -0.39 is 5.97 Å². The number of benzene rings is 2. The van der Waals surface area contributed by atoms with E-state index in [9.17, 15) is 9.59 Å². The summed E-state index contributed by atoms with van der Waals surface area (Å²) in [7, 11) is 0. The molecule has 2 aromatic rings. The summed E-state index contributed by atoms with van der Waals surface area (Å²) in [5.74, 6) is 0.0205. The number of nitrogens with one attached hydrogen (secondary N) is 1. The molecule has 0 radical (unpaired) electrons. The molecule has 0 aliphatic carbocycles. The molecule has 0 aliphatic rings. The predicted molar refractivity (Wildman–Crippen MR) is 95.3 cm³/mol. The number of esters is 1. The summed E-state index contributed by atoms with van der Waals surface area (Å²) in [5.41, 5.74) is 2.01. The molecule has 2 rings (SSSR count). The van der Waals surface area contributed by atoms with E-state index in [4.69, 9.17) is 9.47 Å². The zero-order valence-corrected chi connectivity index (χ0v) is 14.5. The lowest BCUT2D eigenvalue weighted by atomic mass is 10.0. The van der Waals surface area contributed by atoms with Gasteiger partial charge in [0.2, 0.25) is 0 Å². The van der Waals surface area contributed by atoms with Crippen molar-refractivity contribution in [2.45, 2.75) is 26.3 Å². The highest BCUT2D eigenvalue weighted by Gasteiger charge is 2.11. The Morgan fingerprint density at radius 3 is 2.36 bits per heavy atom. The maximum atomic E-state index is 11.7. The van der Waals surface area contributed by atoms with Crippen LogP contribution in [0.1, 0.15) is 30.9 Å². The molecular formula is C20H23NO4.